The summed E-state index contributed by atoms with van der Waals surface area (Å²) < 4.78 is 31.4. The second kappa shape index (κ2) is 9.19. The Bertz CT molecular complexity index is 899. The number of hydrogen-bond acceptors (Lipinski definition) is 4. The van der Waals surface area contributed by atoms with Gasteiger partial charge in [-0.3, -0.25) is 4.79 Å². The van der Waals surface area contributed by atoms with E-state index in [1.54, 1.807) is 36.4 Å². The van der Waals surface area contributed by atoms with Gasteiger partial charge in [0.1, 0.15) is 12.6 Å². The zero-order chi connectivity index (χ0) is 19.2. The molecule has 26 heavy (non-hydrogen) atoms. The van der Waals surface area contributed by atoms with Crippen LogP contribution in [0, 0.1) is 0 Å². The zero-order valence-corrected chi connectivity index (χ0v) is 16.2. The van der Waals surface area contributed by atoms with Crippen LogP contribution in [-0.2, 0) is 26.2 Å². The van der Waals surface area contributed by atoms with Crippen molar-refractivity contribution in [2.45, 2.75) is 19.6 Å². The van der Waals surface area contributed by atoms with Crippen molar-refractivity contribution in [1.82, 2.24) is 4.72 Å². The second-order valence-electron chi connectivity index (χ2n) is 5.44. The summed E-state index contributed by atoms with van der Waals surface area (Å²) in [5.74, 6) is -0.715. The first kappa shape index (κ1) is 20.5. The van der Waals surface area contributed by atoms with Gasteiger partial charge in [-0.1, -0.05) is 59.6 Å². The molecule has 2 aromatic carbocycles. The van der Waals surface area contributed by atoms with Gasteiger partial charge >= 0.3 is 5.97 Å². The Labute approximate surface area is 162 Å². The van der Waals surface area contributed by atoms with Gasteiger partial charge in [0.2, 0.25) is 10.0 Å². The fraction of sp³-hybridized carbons (Fsp3) is 0.167. The normalized spacial score (nSPS) is 12.9. The van der Waals surface area contributed by atoms with E-state index in [2.05, 4.69) is 4.72 Å². The quantitative estimate of drug-likeness (QED) is 0.695. The predicted molar refractivity (Wildman–Crippen MR) is 103 cm³/mol. The topological polar surface area (TPSA) is 72.5 Å². The number of esters is 1. The highest BCUT2D eigenvalue weighted by Crippen LogP contribution is 2.21. The van der Waals surface area contributed by atoms with Gasteiger partial charge in [0.05, 0.1) is 0 Å². The zero-order valence-electron chi connectivity index (χ0n) is 13.9. The van der Waals surface area contributed by atoms with Crippen molar-refractivity contribution in [2.24, 2.45) is 0 Å². The van der Waals surface area contributed by atoms with Gasteiger partial charge in [0.15, 0.2) is 0 Å². The third kappa shape index (κ3) is 6.46. The smallest absolute Gasteiger partial charge is 0.324 e. The van der Waals surface area contributed by atoms with Crippen LogP contribution in [0.5, 0.6) is 0 Å². The maximum atomic E-state index is 12.0. The monoisotopic (exact) mass is 413 g/mol. The minimum atomic E-state index is -3.80. The summed E-state index contributed by atoms with van der Waals surface area (Å²) in [6.45, 7) is 1.32. The molecule has 0 aliphatic carbocycles. The van der Waals surface area contributed by atoms with E-state index in [4.69, 9.17) is 27.9 Å². The average Bonchev–Trinajstić information content (AvgIpc) is 2.59. The third-order valence-electron chi connectivity index (χ3n) is 3.32. The Hall–Kier alpha value is -1.86. The first-order valence-corrected chi connectivity index (χ1v) is 9.93. The molecule has 0 saturated heterocycles. The van der Waals surface area contributed by atoms with Crippen LogP contribution in [-0.4, -0.2) is 20.4 Å². The summed E-state index contributed by atoms with van der Waals surface area (Å²) in [5, 5.41) is 1.84. The minimum absolute atomic E-state index is 0.0826. The largest absolute Gasteiger partial charge is 0.460 e. The Morgan fingerprint density at radius 2 is 1.88 bits per heavy atom. The fourth-order valence-corrected chi connectivity index (χ4v) is 3.45. The third-order valence-corrected chi connectivity index (χ3v) is 5.08. The van der Waals surface area contributed by atoms with E-state index in [1.807, 2.05) is 6.07 Å². The minimum Gasteiger partial charge on any atom is -0.460 e. The molecule has 0 fully saturated rings. The molecule has 0 amide bonds. The van der Waals surface area contributed by atoms with Crippen molar-refractivity contribution in [3.63, 3.8) is 0 Å². The molecule has 0 unspecified atom stereocenters. The van der Waals surface area contributed by atoms with E-state index in [9.17, 15) is 13.2 Å². The molecule has 0 aliphatic rings. The molecule has 2 aromatic rings. The molecule has 8 heteroatoms. The first-order chi connectivity index (χ1) is 12.3. The van der Waals surface area contributed by atoms with E-state index >= 15 is 0 Å². The van der Waals surface area contributed by atoms with Crippen LogP contribution in [0.25, 0.3) is 6.08 Å². The molecule has 0 saturated carbocycles. The molecular weight excluding hydrogens is 397 g/mol. The van der Waals surface area contributed by atoms with Crippen molar-refractivity contribution in [3.8, 4) is 0 Å². The molecule has 0 bridgehead atoms. The Morgan fingerprint density at radius 1 is 1.19 bits per heavy atom. The Balaban J connectivity index is 1.92. The van der Waals surface area contributed by atoms with Gasteiger partial charge < -0.3 is 4.74 Å². The molecule has 0 radical (unpaired) electrons. The SMILES string of the molecule is C[C@H](NS(=O)(=O)/C=C/c1ccccc1)C(=O)OCc1ccc(Cl)cc1Cl. The van der Waals surface area contributed by atoms with Crippen LogP contribution in [0.2, 0.25) is 10.0 Å². The number of benzene rings is 2. The van der Waals surface area contributed by atoms with Crippen molar-refractivity contribution >= 4 is 45.3 Å². The summed E-state index contributed by atoms with van der Waals surface area (Å²) in [6.07, 6.45) is 1.44. The molecule has 1 atom stereocenters. The maximum absolute atomic E-state index is 12.0. The number of carbonyl (C=O) groups is 1. The number of hydrogen-bond donors (Lipinski definition) is 1. The highest BCUT2D eigenvalue weighted by Gasteiger charge is 2.20. The lowest BCUT2D eigenvalue weighted by Crippen LogP contribution is -2.38. The van der Waals surface area contributed by atoms with Crippen LogP contribution < -0.4 is 4.72 Å². The van der Waals surface area contributed by atoms with E-state index in [0.717, 1.165) is 11.0 Å². The van der Waals surface area contributed by atoms with Gasteiger partial charge in [-0.2, -0.15) is 4.72 Å². The van der Waals surface area contributed by atoms with Gasteiger partial charge in [-0.15, -0.1) is 0 Å². The lowest BCUT2D eigenvalue weighted by atomic mass is 10.2. The molecule has 0 aliphatic heterocycles. The van der Waals surface area contributed by atoms with Crippen molar-refractivity contribution < 1.29 is 17.9 Å². The van der Waals surface area contributed by atoms with E-state index in [0.29, 0.717) is 15.6 Å². The highest BCUT2D eigenvalue weighted by atomic mass is 35.5. The lowest BCUT2D eigenvalue weighted by Gasteiger charge is -2.13. The van der Waals surface area contributed by atoms with Crippen molar-refractivity contribution in [2.75, 3.05) is 0 Å². The number of rotatable bonds is 7. The average molecular weight is 414 g/mol. The molecule has 0 heterocycles. The van der Waals surface area contributed by atoms with Gasteiger partial charge in [0, 0.05) is 21.0 Å². The first-order valence-electron chi connectivity index (χ1n) is 7.63. The molecule has 0 aromatic heterocycles. The van der Waals surface area contributed by atoms with Crippen LogP contribution in [0.1, 0.15) is 18.1 Å². The number of ether oxygens (including phenoxy) is 1. The predicted octanol–water partition coefficient (Wildman–Crippen LogP) is 4.02. The van der Waals surface area contributed by atoms with Gasteiger partial charge in [-0.25, -0.2) is 8.42 Å². The highest BCUT2D eigenvalue weighted by molar-refractivity contribution is 7.92. The lowest BCUT2D eigenvalue weighted by molar-refractivity contribution is -0.146. The van der Waals surface area contributed by atoms with Crippen LogP contribution in [0.3, 0.4) is 0 Å². The molecule has 0 spiro atoms. The summed E-state index contributed by atoms with van der Waals surface area (Å²) in [6, 6.07) is 12.7. The number of nitrogens with one attached hydrogen (secondary N) is 1. The summed E-state index contributed by atoms with van der Waals surface area (Å²) in [7, 11) is -3.80. The van der Waals surface area contributed by atoms with E-state index < -0.39 is 22.0 Å². The van der Waals surface area contributed by atoms with Crippen LogP contribution in [0.4, 0.5) is 0 Å². The Morgan fingerprint density at radius 3 is 2.54 bits per heavy atom. The summed E-state index contributed by atoms with van der Waals surface area (Å²) in [4.78, 5) is 12.0. The molecule has 2 rings (SSSR count). The second-order valence-corrected chi connectivity index (χ2v) is 7.88. The van der Waals surface area contributed by atoms with Gasteiger partial charge in [-0.05, 0) is 30.7 Å². The summed E-state index contributed by atoms with van der Waals surface area (Å²) in [5.41, 5.74) is 1.30. The van der Waals surface area contributed by atoms with Gasteiger partial charge in [0.25, 0.3) is 0 Å². The standard InChI is InChI=1S/C18H17Cl2NO4S/c1-13(18(22)25-12-15-7-8-16(19)11-17(15)20)21-26(23,24)10-9-14-5-3-2-4-6-14/h2-11,13,21H,12H2,1H3/b10-9+/t13-/m0/s1. The number of carbonyl (C=O) groups excluding carboxylic acids is 1. The number of sulfonamides is 1. The van der Waals surface area contributed by atoms with Crippen molar-refractivity contribution in [3.05, 3.63) is 75.1 Å². The van der Waals surface area contributed by atoms with Crippen LogP contribution in [0.15, 0.2) is 53.9 Å². The molecule has 1 N–H and O–H groups in total. The maximum Gasteiger partial charge on any atom is 0.324 e. The molecular formula is C18H17Cl2NO4S. The fourth-order valence-electron chi connectivity index (χ4n) is 1.98. The Kier molecular flexibility index (Phi) is 7.23. The van der Waals surface area contributed by atoms with Crippen molar-refractivity contribution in [1.29, 1.82) is 0 Å². The summed E-state index contributed by atoms with van der Waals surface area (Å²) >= 11 is 11.8. The van der Waals surface area contributed by atoms with Crippen LogP contribution >= 0.6 is 23.2 Å². The van der Waals surface area contributed by atoms with E-state index in [1.165, 1.54) is 19.1 Å². The number of halogens is 2. The molecule has 138 valence electrons. The molecule has 5 nitrogen and oxygen atoms in total. The van der Waals surface area contributed by atoms with E-state index in [-0.39, 0.29) is 6.61 Å².